The van der Waals surface area contributed by atoms with Crippen LogP contribution in [0.15, 0.2) is 21.9 Å². The maximum atomic E-state index is 11.9. The van der Waals surface area contributed by atoms with Crippen molar-refractivity contribution in [3.63, 3.8) is 0 Å². The fraction of sp³-hybridized carbons (Fsp3) is 0.500. The van der Waals surface area contributed by atoms with Crippen molar-refractivity contribution in [3.05, 3.63) is 33.1 Å². The molecular weight excluding hydrogens is 394 g/mol. The van der Waals surface area contributed by atoms with E-state index in [0.717, 1.165) is 16.8 Å². The number of rotatable bonds is 6. The summed E-state index contributed by atoms with van der Waals surface area (Å²) in [6.45, 7) is -0.0329. The highest BCUT2D eigenvalue weighted by Crippen LogP contribution is 2.58. The van der Waals surface area contributed by atoms with Crippen molar-refractivity contribution in [2.24, 2.45) is 5.92 Å². The molecule has 6 unspecified atom stereocenters. The molecule has 0 aromatic carbocycles. The molecule has 1 aromatic heterocycles. The third-order valence-electron chi connectivity index (χ3n) is 3.34. The first-order valence-electron chi connectivity index (χ1n) is 7.03. The number of phosphoric acid groups is 1. The number of hydrogen-bond acceptors (Lipinski definition) is 8. The third kappa shape index (κ3) is 5.01. The minimum absolute atomic E-state index is 0.645. The van der Waals surface area contributed by atoms with Gasteiger partial charge in [0.15, 0.2) is 6.23 Å². The molecule has 1 saturated heterocycles. The smallest absolute Gasteiger partial charge is 0.389 e. The lowest BCUT2D eigenvalue weighted by Gasteiger charge is -2.18. The molecule has 2 heterocycles. The van der Waals surface area contributed by atoms with Crippen LogP contribution in [0.5, 0.6) is 0 Å². The van der Waals surface area contributed by atoms with E-state index in [2.05, 4.69) is 14.8 Å². The average Bonchev–Trinajstić information content (AvgIpc) is 2.79. The summed E-state index contributed by atoms with van der Waals surface area (Å²) in [6.07, 6.45) is 2.63. The van der Waals surface area contributed by atoms with Crippen LogP contribution in [0.25, 0.3) is 0 Å². The predicted molar refractivity (Wildman–Crippen MR) is 86.2 cm³/mol. The van der Waals surface area contributed by atoms with Crippen molar-refractivity contribution >= 4 is 15.4 Å². The van der Waals surface area contributed by atoms with Crippen molar-refractivity contribution < 1.29 is 37.6 Å². The highest BCUT2D eigenvalue weighted by atomic mass is 31.3. The van der Waals surface area contributed by atoms with Gasteiger partial charge < -0.3 is 19.6 Å². The zero-order valence-corrected chi connectivity index (χ0v) is 15.1. The lowest BCUT2D eigenvalue weighted by Crippen LogP contribution is -2.34. The fourth-order valence-corrected chi connectivity index (χ4v) is 4.37. The second-order valence-electron chi connectivity index (χ2n) is 5.41. The SMILES string of the molecule is C#CC1C(O)C(COP(=O)(O)OP(C)(=O)O)OC1n1ccc(=O)[nH]c1=O. The van der Waals surface area contributed by atoms with E-state index in [1.54, 1.807) is 0 Å². The molecule has 4 N–H and O–H groups in total. The van der Waals surface area contributed by atoms with Gasteiger partial charge in [-0.25, -0.2) is 13.7 Å². The molecule has 0 radical (unpaired) electrons. The van der Waals surface area contributed by atoms with Gasteiger partial charge in [-0.05, 0) is 0 Å². The molecule has 0 bridgehead atoms. The largest absolute Gasteiger partial charge is 0.479 e. The molecule has 144 valence electrons. The van der Waals surface area contributed by atoms with Crippen LogP contribution in [0, 0.1) is 18.3 Å². The Morgan fingerprint density at radius 3 is 2.62 bits per heavy atom. The van der Waals surface area contributed by atoms with E-state index in [-0.39, 0.29) is 0 Å². The summed E-state index contributed by atoms with van der Waals surface area (Å²) in [5.74, 6) is 1.20. The molecule has 0 spiro atoms. The van der Waals surface area contributed by atoms with Crippen LogP contribution in [-0.4, -0.2) is 49.9 Å². The molecule has 0 amide bonds. The van der Waals surface area contributed by atoms with Crippen LogP contribution in [-0.2, 0) is 22.7 Å². The maximum Gasteiger partial charge on any atom is 0.479 e. The van der Waals surface area contributed by atoms with E-state index in [1.165, 1.54) is 0 Å². The summed E-state index contributed by atoms with van der Waals surface area (Å²) in [4.78, 5) is 43.3. The fourth-order valence-electron chi connectivity index (χ4n) is 2.31. The summed E-state index contributed by atoms with van der Waals surface area (Å²) in [5.41, 5.74) is -1.48. The first-order valence-corrected chi connectivity index (χ1v) is 10.6. The van der Waals surface area contributed by atoms with Gasteiger partial charge in [0.1, 0.15) is 12.2 Å². The Morgan fingerprint density at radius 2 is 2.08 bits per heavy atom. The van der Waals surface area contributed by atoms with Crippen LogP contribution in [0.3, 0.4) is 0 Å². The monoisotopic (exact) mass is 410 g/mol. The van der Waals surface area contributed by atoms with Crippen LogP contribution < -0.4 is 11.2 Å². The summed E-state index contributed by atoms with van der Waals surface area (Å²) >= 11 is 0. The maximum absolute atomic E-state index is 11.9. The Hall–Kier alpha value is -1.54. The molecule has 26 heavy (non-hydrogen) atoms. The molecule has 12 nitrogen and oxygen atoms in total. The van der Waals surface area contributed by atoms with E-state index in [1.807, 2.05) is 4.98 Å². The number of nitrogens with one attached hydrogen (secondary N) is 1. The number of aliphatic hydroxyl groups is 1. The van der Waals surface area contributed by atoms with Crippen molar-refractivity contribution in [1.82, 2.24) is 9.55 Å². The number of aromatic nitrogens is 2. The van der Waals surface area contributed by atoms with Gasteiger partial charge in [-0.15, -0.1) is 6.42 Å². The van der Waals surface area contributed by atoms with Crippen LogP contribution in [0.4, 0.5) is 0 Å². The van der Waals surface area contributed by atoms with Gasteiger partial charge in [-0.2, -0.15) is 0 Å². The Kier molecular flexibility index (Phi) is 6.07. The number of aliphatic hydroxyl groups excluding tert-OH is 1. The van der Waals surface area contributed by atoms with E-state index in [0.29, 0.717) is 6.66 Å². The highest BCUT2D eigenvalue weighted by Gasteiger charge is 2.45. The zero-order chi connectivity index (χ0) is 19.7. The lowest BCUT2D eigenvalue weighted by molar-refractivity contribution is -0.0458. The van der Waals surface area contributed by atoms with Crippen LogP contribution in [0.2, 0.25) is 0 Å². The Balaban J connectivity index is 2.16. The zero-order valence-electron chi connectivity index (χ0n) is 13.3. The molecule has 14 heteroatoms. The molecule has 0 aliphatic carbocycles. The van der Waals surface area contributed by atoms with Gasteiger partial charge in [0, 0.05) is 18.9 Å². The molecule has 1 aliphatic rings. The van der Waals surface area contributed by atoms with E-state index >= 15 is 0 Å². The number of aromatic amines is 1. The standard InChI is InChI=1S/C12H16N2O10P2/c1-3-7-10(16)8(6-22-26(20,21)24-25(2,18)19)23-11(7)14-5-4-9(15)13-12(14)17/h1,4-5,7-8,10-11,16H,6H2,2H3,(H,18,19)(H,20,21)(H,13,15,17). The number of phosphoric ester groups is 1. The van der Waals surface area contributed by atoms with Crippen molar-refractivity contribution in [1.29, 1.82) is 0 Å². The third-order valence-corrected chi connectivity index (χ3v) is 5.86. The number of H-pyrrole nitrogens is 1. The molecule has 1 aliphatic heterocycles. The first kappa shape index (κ1) is 20.8. The highest BCUT2D eigenvalue weighted by molar-refractivity contribution is 7.63. The van der Waals surface area contributed by atoms with E-state index in [9.17, 15) is 28.7 Å². The number of terminal acetylenes is 1. The second-order valence-corrected chi connectivity index (χ2v) is 8.87. The Labute approximate surface area is 146 Å². The van der Waals surface area contributed by atoms with Crippen molar-refractivity contribution in [2.75, 3.05) is 13.3 Å². The summed E-state index contributed by atoms with van der Waals surface area (Å²) in [7, 11) is -9.21. The molecule has 1 aromatic rings. The van der Waals surface area contributed by atoms with Gasteiger partial charge in [0.2, 0.25) is 0 Å². The normalized spacial score (nSPS) is 30.3. The van der Waals surface area contributed by atoms with E-state index < -0.39 is 57.6 Å². The Bertz CT molecular complexity index is 912. The van der Waals surface area contributed by atoms with Gasteiger partial charge in [-0.1, -0.05) is 5.92 Å². The summed E-state index contributed by atoms with van der Waals surface area (Å²) in [6, 6.07) is 1.05. The molecule has 6 atom stereocenters. The minimum atomic E-state index is -4.90. The minimum Gasteiger partial charge on any atom is -0.389 e. The second kappa shape index (κ2) is 7.60. The summed E-state index contributed by atoms with van der Waals surface area (Å²) < 4.78 is 37.6. The van der Waals surface area contributed by atoms with Gasteiger partial charge in [-0.3, -0.25) is 23.4 Å². The van der Waals surface area contributed by atoms with Crippen LogP contribution in [0.1, 0.15) is 6.23 Å². The summed E-state index contributed by atoms with van der Waals surface area (Å²) in [5, 5.41) is 10.2. The van der Waals surface area contributed by atoms with Gasteiger partial charge in [0.25, 0.3) is 5.56 Å². The quantitative estimate of drug-likeness (QED) is 0.336. The van der Waals surface area contributed by atoms with Crippen molar-refractivity contribution in [3.8, 4) is 12.3 Å². The van der Waals surface area contributed by atoms with E-state index in [4.69, 9.17) is 16.1 Å². The van der Waals surface area contributed by atoms with Gasteiger partial charge >= 0.3 is 21.1 Å². The van der Waals surface area contributed by atoms with Crippen LogP contribution >= 0.6 is 15.4 Å². The topological polar surface area (TPSA) is 177 Å². The molecule has 2 rings (SSSR count). The first-order chi connectivity index (χ1) is 11.9. The molecule has 1 fully saturated rings. The molecular formula is C12H16N2O10P2. The average molecular weight is 410 g/mol. The van der Waals surface area contributed by atoms with Gasteiger partial charge in [0.05, 0.1) is 12.5 Å². The Morgan fingerprint density at radius 1 is 1.42 bits per heavy atom. The lowest BCUT2D eigenvalue weighted by atomic mass is 10.0. The predicted octanol–water partition coefficient (Wildman–Crippen LogP) is -1.01. The molecule has 0 saturated carbocycles. The number of hydrogen-bond donors (Lipinski definition) is 4. The van der Waals surface area contributed by atoms with Crippen molar-refractivity contribution in [2.45, 2.75) is 18.4 Å². The number of ether oxygens (including phenoxy) is 1. The number of nitrogens with zero attached hydrogens (tertiary/aromatic N) is 1.